The number of nitrogens with zero attached hydrogens (tertiary/aromatic N) is 6. The molecule has 21 rings (SSSR count). The summed E-state index contributed by atoms with van der Waals surface area (Å²) in [6.45, 7) is 0. The minimum atomic E-state index is -0.0231. The van der Waals surface area contributed by atoms with Gasteiger partial charge in [0.05, 0.1) is 33.3 Å². The summed E-state index contributed by atoms with van der Waals surface area (Å²) in [6, 6.07) is 148. The number of hydrogen-bond donors (Lipinski definition) is 0. The third-order valence-corrected chi connectivity index (χ3v) is 21.5. The highest BCUT2D eigenvalue weighted by molar-refractivity contribution is 6.11. The average Bonchev–Trinajstić information content (AvgIpc) is 1.42. The fourth-order valence-corrected chi connectivity index (χ4v) is 16.3. The highest BCUT2D eigenvalue weighted by Crippen LogP contribution is 2.41. The smallest absolute Gasteiger partial charge is 0.263 e. The Bertz CT molecular complexity index is 7190. The van der Waals surface area contributed by atoms with Crippen LogP contribution in [0.25, 0.3) is 132 Å². The first kappa shape index (κ1) is 69.0. The maximum atomic E-state index is 13.9. The number of fused-ring (bicyclic) bond motifs is 12. The maximum absolute atomic E-state index is 13.9. The van der Waals surface area contributed by atoms with Crippen LogP contribution in [0.3, 0.4) is 0 Å². The van der Waals surface area contributed by atoms with Gasteiger partial charge in [-0.1, -0.05) is 273 Å². The Kier molecular flexibility index (Phi) is 18.3. The second-order valence-corrected chi connectivity index (χ2v) is 28.2. The second kappa shape index (κ2) is 30.2. The van der Waals surface area contributed by atoms with Gasteiger partial charge in [-0.05, 0) is 202 Å². The fraction of sp³-hybridized carbons (Fsp3) is 0. The normalized spacial score (nSPS) is 11.3. The van der Waals surface area contributed by atoms with Gasteiger partial charge >= 0.3 is 0 Å². The molecule has 114 heavy (non-hydrogen) atoms. The highest BCUT2D eigenvalue weighted by atomic mass is 16.1. The molecule has 4 heterocycles. The summed E-state index contributed by atoms with van der Waals surface area (Å²) in [5, 5.41) is 10.7. The molecule has 4 aromatic heterocycles. The van der Waals surface area contributed by atoms with E-state index in [4.69, 9.17) is 0 Å². The summed E-state index contributed by atoms with van der Waals surface area (Å²) in [4.78, 5) is 45.7. The van der Waals surface area contributed by atoms with E-state index in [0.29, 0.717) is 5.39 Å². The van der Waals surface area contributed by atoms with Gasteiger partial charge < -0.3 is 14.4 Å². The zero-order chi connectivity index (χ0) is 76.4. The summed E-state index contributed by atoms with van der Waals surface area (Å²) in [6.07, 6.45) is 0. The zero-order valence-electron chi connectivity index (χ0n) is 62.0. The van der Waals surface area contributed by atoms with Gasteiger partial charge in [0.25, 0.3) is 16.7 Å². The summed E-state index contributed by atoms with van der Waals surface area (Å²) in [7, 11) is 0. The quantitative estimate of drug-likeness (QED) is 0.114. The van der Waals surface area contributed by atoms with E-state index in [0.717, 1.165) is 139 Å². The molecule has 0 spiro atoms. The van der Waals surface area contributed by atoms with Crippen molar-refractivity contribution in [1.82, 2.24) is 18.3 Å². The number of aromatic nitrogens is 4. The van der Waals surface area contributed by atoms with Crippen LogP contribution < -0.4 is 26.5 Å². The molecule has 0 unspecified atom stereocenters. The Morgan fingerprint density at radius 1 is 0.149 bits per heavy atom. The lowest BCUT2D eigenvalue weighted by molar-refractivity contribution is 1.05. The van der Waals surface area contributed by atoms with E-state index in [1.54, 1.807) is 0 Å². The van der Waals surface area contributed by atoms with Crippen LogP contribution in [0.4, 0.5) is 34.1 Å². The number of anilines is 6. The summed E-state index contributed by atoms with van der Waals surface area (Å²) < 4.78 is 7.77. The third-order valence-electron chi connectivity index (χ3n) is 21.5. The highest BCUT2D eigenvalue weighted by Gasteiger charge is 2.21. The van der Waals surface area contributed by atoms with Crippen molar-refractivity contribution in [3.05, 3.63) is 468 Å². The van der Waals surface area contributed by atoms with Gasteiger partial charge in [-0.2, -0.15) is 0 Å². The first-order chi connectivity index (χ1) is 56.4. The van der Waals surface area contributed by atoms with Gasteiger partial charge in [-0.25, -0.2) is 0 Å². The minimum absolute atomic E-state index is 0.00586. The Morgan fingerprint density at radius 3 is 0.728 bits per heavy atom. The lowest BCUT2D eigenvalue weighted by atomic mass is 10.0. The predicted molar refractivity (Wildman–Crippen MR) is 476 cm³/mol. The van der Waals surface area contributed by atoms with Crippen molar-refractivity contribution in [2.75, 3.05) is 9.80 Å². The average molecular weight is 1470 g/mol. The van der Waals surface area contributed by atoms with Crippen molar-refractivity contribution in [1.29, 1.82) is 0 Å². The molecule has 0 aliphatic carbocycles. The fourth-order valence-electron chi connectivity index (χ4n) is 16.3. The van der Waals surface area contributed by atoms with Gasteiger partial charge in [0.2, 0.25) is 0 Å². The van der Waals surface area contributed by atoms with Crippen LogP contribution >= 0.6 is 0 Å². The molecule has 0 atom stereocenters. The number of hydrogen-bond acceptors (Lipinski definition) is 5. The molecule has 0 aliphatic rings. The molecule has 0 aliphatic heterocycles. The van der Waals surface area contributed by atoms with E-state index in [2.05, 4.69) is 239 Å². The second-order valence-electron chi connectivity index (χ2n) is 28.2. The molecule has 0 amide bonds. The minimum Gasteiger partial charge on any atom is -0.311 e. The molecular formula is C105H72N6O3. The number of benzene rings is 17. The van der Waals surface area contributed by atoms with Crippen LogP contribution in [0.15, 0.2) is 451 Å². The van der Waals surface area contributed by atoms with Crippen molar-refractivity contribution in [2.45, 2.75) is 0 Å². The molecule has 17 aromatic carbocycles. The topological polar surface area (TPSA) is 77.4 Å². The molecule has 0 N–H and O–H groups in total. The van der Waals surface area contributed by atoms with E-state index in [1.165, 1.54) is 21.9 Å². The molecule has 0 saturated carbocycles. The molecule has 0 bridgehead atoms. The van der Waals surface area contributed by atoms with Crippen LogP contribution in [0, 0.1) is 0 Å². The van der Waals surface area contributed by atoms with Crippen LogP contribution in [0.1, 0.15) is 0 Å². The SMILES string of the molecule is O=c1c2ccccc2c2ccccc2n1-c1ccc(N(c2cccc(-c3ccccc3)c2)c2cccc(-c3ccccc3)c2)cc1.O=c1c2ccccc2c2ccccc2n1-c1ccc(N(c2ccccc2)c2ccccc2)cc1.O=c1c2ccccc2c2ccccc2n1-c1cccc(-n2c3ccccc3c3ccccc32)c1. The van der Waals surface area contributed by atoms with Gasteiger partial charge in [0.15, 0.2) is 0 Å². The van der Waals surface area contributed by atoms with Crippen molar-refractivity contribution in [3.63, 3.8) is 0 Å². The van der Waals surface area contributed by atoms with Gasteiger partial charge in [0, 0.05) is 94.3 Å². The zero-order valence-corrected chi connectivity index (χ0v) is 62.0. The van der Waals surface area contributed by atoms with Gasteiger partial charge in [-0.3, -0.25) is 28.1 Å². The Labute approximate surface area is 657 Å². The molecule has 0 saturated heterocycles. The van der Waals surface area contributed by atoms with Crippen molar-refractivity contribution in [3.8, 4) is 45.0 Å². The number of para-hydroxylation sites is 7. The van der Waals surface area contributed by atoms with Crippen LogP contribution in [0.2, 0.25) is 0 Å². The van der Waals surface area contributed by atoms with Crippen LogP contribution in [0.5, 0.6) is 0 Å². The molecule has 0 radical (unpaired) electrons. The summed E-state index contributed by atoms with van der Waals surface area (Å²) in [5.41, 5.74) is 19.4. The Balaban J connectivity index is 0.000000117. The van der Waals surface area contributed by atoms with Crippen molar-refractivity contribution in [2.24, 2.45) is 0 Å². The molecule has 0 fully saturated rings. The Hall–Kier alpha value is -15.5. The summed E-state index contributed by atoms with van der Waals surface area (Å²) in [5.74, 6) is 0. The van der Waals surface area contributed by atoms with Crippen LogP contribution in [-0.2, 0) is 0 Å². The maximum Gasteiger partial charge on any atom is 0.263 e. The van der Waals surface area contributed by atoms with E-state index >= 15 is 0 Å². The lowest BCUT2D eigenvalue weighted by Gasteiger charge is -2.27. The largest absolute Gasteiger partial charge is 0.311 e. The van der Waals surface area contributed by atoms with Crippen molar-refractivity contribution >= 4 is 121 Å². The van der Waals surface area contributed by atoms with E-state index in [9.17, 15) is 14.4 Å². The number of pyridine rings is 3. The van der Waals surface area contributed by atoms with Gasteiger partial charge in [-0.15, -0.1) is 0 Å². The molecular weight excluding hydrogens is 1390 g/mol. The predicted octanol–water partition coefficient (Wildman–Crippen LogP) is 25.8. The van der Waals surface area contributed by atoms with Crippen LogP contribution in [-0.4, -0.2) is 18.3 Å². The number of rotatable bonds is 12. The first-order valence-corrected chi connectivity index (χ1v) is 38.3. The molecule has 9 heteroatoms. The third kappa shape index (κ3) is 12.8. The lowest BCUT2D eigenvalue weighted by Crippen LogP contribution is -2.19. The molecule has 21 aromatic rings. The Morgan fingerprint density at radius 2 is 0.377 bits per heavy atom. The van der Waals surface area contributed by atoms with Crippen molar-refractivity contribution < 1.29 is 0 Å². The van der Waals surface area contributed by atoms with Gasteiger partial charge in [0.1, 0.15) is 0 Å². The summed E-state index contributed by atoms with van der Waals surface area (Å²) >= 11 is 0. The van der Waals surface area contributed by atoms with E-state index < -0.39 is 0 Å². The monoisotopic (exact) mass is 1460 g/mol. The van der Waals surface area contributed by atoms with E-state index in [1.807, 2.05) is 226 Å². The molecule has 540 valence electrons. The standard InChI is InChI=1S/C43H30N2O.C31H20N2O.C31H22N2O/c46-43-41-23-8-7-21-39(41)40-22-9-10-24-42(40)45(43)36-27-25-35(26-28-36)44(37-19-11-17-33(29-37)31-13-3-1-4-14-31)38-20-12-18-34(30-38)32-15-5-2-6-16-32;34-31-27-16-2-1-12-23(27)24-13-3-8-19-30(24)33(31)22-11-9-10-21(20-22)32-28-17-6-4-14-25(28)26-15-5-7-18-29(26)32;34-31-29-17-8-7-15-27(29)28-16-9-10-18-30(28)33(31)26-21-19-25(20-22-26)32(23-11-3-1-4-12-23)24-13-5-2-6-14-24/h1-30H;1-20H;1-22H. The van der Waals surface area contributed by atoms with E-state index in [-0.39, 0.29) is 16.7 Å². The first-order valence-electron chi connectivity index (χ1n) is 38.3. The molecule has 9 nitrogen and oxygen atoms in total.